The van der Waals surface area contributed by atoms with Gasteiger partial charge in [-0.25, -0.2) is 9.97 Å². The Balaban J connectivity index is 1.80. The first-order valence-corrected chi connectivity index (χ1v) is 7.16. The molecule has 0 saturated carbocycles. The SMILES string of the molecule is NCCC1CCCN(c2ncnc3c2CCC3)C1. The van der Waals surface area contributed by atoms with Gasteiger partial charge in [-0.2, -0.15) is 0 Å². The van der Waals surface area contributed by atoms with E-state index in [0.717, 1.165) is 44.8 Å². The summed E-state index contributed by atoms with van der Waals surface area (Å²) in [7, 11) is 0. The van der Waals surface area contributed by atoms with Gasteiger partial charge in [-0.3, -0.25) is 0 Å². The summed E-state index contributed by atoms with van der Waals surface area (Å²) < 4.78 is 0. The number of piperidine rings is 1. The van der Waals surface area contributed by atoms with E-state index < -0.39 is 0 Å². The molecule has 1 aromatic heterocycles. The Labute approximate surface area is 109 Å². The molecule has 0 aromatic carbocycles. The van der Waals surface area contributed by atoms with Crippen molar-refractivity contribution in [2.24, 2.45) is 11.7 Å². The Morgan fingerprint density at radius 1 is 1.28 bits per heavy atom. The zero-order chi connectivity index (χ0) is 12.4. The van der Waals surface area contributed by atoms with Crippen molar-refractivity contribution >= 4 is 5.82 Å². The minimum Gasteiger partial charge on any atom is -0.356 e. The van der Waals surface area contributed by atoms with Gasteiger partial charge < -0.3 is 10.6 Å². The predicted molar refractivity (Wildman–Crippen MR) is 72.7 cm³/mol. The molecule has 3 rings (SSSR count). The number of nitrogens with zero attached hydrogens (tertiary/aromatic N) is 3. The minimum atomic E-state index is 0.746. The van der Waals surface area contributed by atoms with Crippen molar-refractivity contribution in [1.29, 1.82) is 0 Å². The van der Waals surface area contributed by atoms with Gasteiger partial charge >= 0.3 is 0 Å². The van der Waals surface area contributed by atoms with Crippen LogP contribution in [0.4, 0.5) is 5.82 Å². The highest BCUT2D eigenvalue weighted by molar-refractivity contribution is 5.50. The average Bonchev–Trinajstić information content (AvgIpc) is 2.87. The second kappa shape index (κ2) is 5.22. The maximum atomic E-state index is 5.69. The van der Waals surface area contributed by atoms with Gasteiger partial charge in [-0.05, 0) is 51.0 Å². The average molecular weight is 246 g/mol. The fourth-order valence-electron chi connectivity index (χ4n) is 3.34. The summed E-state index contributed by atoms with van der Waals surface area (Å²) in [6.07, 6.45) is 9.00. The molecule has 0 spiro atoms. The molecule has 1 aliphatic heterocycles. The summed E-state index contributed by atoms with van der Waals surface area (Å²) in [6.45, 7) is 3.07. The van der Waals surface area contributed by atoms with Crippen molar-refractivity contribution in [3.05, 3.63) is 17.6 Å². The molecular weight excluding hydrogens is 224 g/mol. The first-order chi connectivity index (χ1) is 8.88. The molecule has 4 nitrogen and oxygen atoms in total. The Morgan fingerprint density at radius 2 is 2.22 bits per heavy atom. The second-order valence-corrected chi connectivity index (χ2v) is 5.51. The van der Waals surface area contributed by atoms with Gasteiger partial charge in [0.15, 0.2) is 0 Å². The summed E-state index contributed by atoms with van der Waals surface area (Å²) in [5, 5.41) is 0. The zero-order valence-corrected chi connectivity index (χ0v) is 10.9. The van der Waals surface area contributed by atoms with E-state index in [1.807, 2.05) is 0 Å². The Hall–Kier alpha value is -1.16. The largest absolute Gasteiger partial charge is 0.356 e. The van der Waals surface area contributed by atoms with Gasteiger partial charge in [0.1, 0.15) is 12.1 Å². The predicted octanol–water partition coefficient (Wildman–Crippen LogP) is 1.53. The van der Waals surface area contributed by atoms with Crippen molar-refractivity contribution in [3.63, 3.8) is 0 Å². The molecule has 1 aromatic rings. The normalized spacial score (nSPS) is 23.2. The highest BCUT2D eigenvalue weighted by Crippen LogP contribution is 2.31. The summed E-state index contributed by atoms with van der Waals surface area (Å²) in [5.74, 6) is 1.95. The van der Waals surface area contributed by atoms with Crippen LogP contribution in [0.15, 0.2) is 6.33 Å². The number of aromatic nitrogens is 2. The van der Waals surface area contributed by atoms with E-state index in [9.17, 15) is 0 Å². The molecule has 2 N–H and O–H groups in total. The fourth-order valence-corrected chi connectivity index (χ4v) is 3.34. The van der Waals surface area contributed by atoms with Gasteiger partial charge in [0.05, 0.1) is 0 Å². The number of anilines is 1. The lowest BCUT2D eigenvalue weighted by Gasteiger charge is -2.34. The Kier molecular flexibility index (Phi) is 3.46. The molecule has 2 aliphatic rings. The molecule has 1 saturated heterocycles. The summed E-state index contributed by atoms with van der Waals surface area (Å²) in [4.78, 5) is 11.4. The van der Waals surface area contributed by atoms with Crippen molar-refractivity contribution < 1.29 is 0 Å². The van der Waals surface area contributed by atoms with E-state index in [2.05, 4.69) is 14.9 Å². The fraction of sp³-hybridized carbons (Fsp3) is 0.714. The molecule has 0 amide bonds. The van der Waals surface area contributed by atoms with Gasteiger partial charge in [0.25, 0.3) is 0 Å². The van der Waals surface area contributed by atoms with Crippen LogP contribution in [0.5, 0.6) is 0 Å². The third-order valence-electron chi connectivity index (χ3n) is 4.25. The second-order valence-electron chi connectivity index (χ2n) is 5.51. The van der Waals surface area contributed by atoms with Crippen LogP contribution in [-0.4, -0.2) is 29.6 Å². The first kappa shape index (κ1) is 11.9. The van der Waals surface area contributed by atoms with E-state index in [0.29, 0.717) is 0 Å². The lowest BCUT2D eigenvalue weighted by molar-refractivity contribution is 0.394. The van der Waals surface area contributed by atoms with Crippen molar-refractivity contribution in [3.8, 4) is 0 Å². The number of fused-ring (bicyclic) bond motifs is 1. The highest BCUT2D eigenvalue weighted by Gasteiger charge is 2.25. The molecule has 1 fully saturated rings. The van der Waals surface area contributed by atoms with Crippen molar-refractivity contribution in [2.75, 3.05) is 24.5 Å². The molecule has 1 atom stereocenters. The lowest BCUT2D eigenvalue weighted by Crippen LogP contribution is -2.37. The maximum absolute atomic E-state index is 5.69. The number of rotatable bonds is 3. The molecular formula is C14H22N4. The van der Waals surface area contributed by atoms with Gasteiger partial charge in [-0.1, -0.05) is 0 Å². The van der Waals surface area contributed by atoms with E-state index >= 15 is 0 Å². The standard InChI is InChI=1S/C14H22N4/c15-7-6-11-3-2-8-18(9-11)14-12-4-1-5-13(12)16-10-17-14/h10-11H,1-9,15H2. The van der Waals surface area contributed by atoms with Crippen LogP contribution in [0.1, 0.15) is 36.9 Å². The Morgan fingerprint density at radius 3 is 3.11 bits per heavy atom. The van der Waals surface area contributed by atoms with Crippen LogP contribution >= 0.6 is 0 Å². The molecule has 0 bridgehead atoms. The van der Waals surface area contributed by atoms with E-state index in [1.165, 1.54) is 36.3 Å². The smallest absolute Gasteiger partial charge is 0.135 e. The van der Waals surface area contributed by atoms with Gasteiger partial charge in [0, 0.05) is 24.3 Å². The molecule has 0 radical (unpaired) electrons. The molecule has 1 aliphatic carbocycles. The van der Waals surface area contributed by atoms with Crippen molar-refractivity contribution in [1.82, 2.24) is 9.97 Å². The van der Waals surface area contributed by atoms with Crippen LogP contribution in [-0.2, 0) is 12.8 Å². The van der Waals surface area contributed by atoms with Crippen molar-refractivity contribution in [2.45, 2.75) is 38.5 Å². The number of hydrogen-bond donors (Lipinski definition) is 1. The van der Waals surface area contributed by atoms with E-state index in [-0.39, 0.29) is 0 Å². The Bertz CT molecular complexity index is 416. The summed E-state index contributed by atoms with van der Waals surface area (Å²) in [6, 6.07) is 0. The minimum absolute atomic E-state index is 0.746. The summed E-state index contributed by atoms with van der Waals surface area (Å²) in [5.41, 5.74) is 8.38. The topological polar surface area (TPSA) is 55.0 Å². The molecule has 18 heavy (non-hydrogen) atoms. The highest BCUT2D eigenvalue weighted by atomic mass is 15.2. The third kappa shape index (κ3) is 2.21. The van der Waals surface area contributed by atoms with Gasteiger partial charge in [0.2, 0.25) is 0 Å². The van der Waals surface area contributed by atoms with E-state index in [4.69, 9.17) is 5.73 Å². The number of nitrogens with two attached hydrogens (primary N) is 1. The first-order valence-electron chi connectivity index (χ1n) is 7.16. The van der Waals surface area contributed by atoms with Crippen LogP contribution in [0.25, 0.3) is 0 Å². The summed E-state index contributed by atoms with van der Waals surface area (Å²) >= 11 is 0. The van der Waals surface area contributed by atoms with Crippen LogP contribution in [0.2, 0.25) is 0 Å². The lowest BCUT2D eigenvalue weighted by atomic mass is 9.94. The van der Waals surface area contributed by atoms with Crippen LogP contribution < -0.4 is 10.6 Å². The quantitative estimate of drug-likeness (QED) is 0.879. The third-order valence-corrected chi connectivity index (χ3v) is 4.25. The number of hydrogen-bond acceptors (Lipinski definition) is 4. The molecule has 1 unspecified atom stereocenters. The zero-order valence-electron chi connectivity index (χ0n) is 10.9. The van der Waals surface area contributed by atoms with Gasteiger partial charge in [-0.15, -0.1) is 0 Å². The molecule has 2 heterocycles. The van der Waals surface area contributed by atoms with Crippen LogP contribution in [0, 0.1) is 5.92 Å². The number of aryl methyl sites for hydroxylation is 1. The van der Waals surface area contributed by atoms with Crippen LogP contribution in [0.3, 0.4) is 0 Å². The van der Waals surface area contributed by atoms with E-state index in [1.54, 1.807) is 6.33 Å². The molecule has 98 valence electrons. The molecule has 4 heteroatoms. The monoisotopic (exact) mass is 246 g/mol. The maximum Gasteiger partial charge on any atom is 0.135 e.